The number of aromatic hydroxyl groups is 2. The third kappa shape index (κ3) is 2.84. The quantitative estimate of drug-likeness (QED) is 0.529. The molecule has 26 heavy (non-hydrogen) atoms. The molecule has 0 saturated heterocycles. The van der Waals surface area contributed by atoms with Gasteiger partial charge in [-0.2, -0.15) is 8.42 Å². The average molecular weight is 378 g/mol. The summed E-state index contributed by atoms with van der Waals surface area (Å²) in [5.74, 6) is 0.137. The maximum absolute atomic E-state index is 12.6. The molecule has 0 bridgehead atoms. The fourth-order valence-electron chi connectivity index (χ4n) is 3.20. The zero-order valence-electron chi connectivity index (χ0n) is 13.0. The molecule has 128 valence electrons. The topological polar surface area (TPSA) is 83.8 Å². The predicted octanol–water partition coefficient (Wildman–Crippen LogP) is 2.46. The van der Waals surface area contributed by atoms with Crippen molar-refractivity contribution >= 4 is 39.7 Å². The number of hydrogen-bond acceptors (Lipinski definition) is 5. The first-order chi connectivity index (χ1) is 11.9. The Labute approximate surface area is 173 Å². The molecule has 0 amide bonds. The predicted molar refractivity (Wildman–Crippen MR) is 98.0 cm³/mol. The Kier molecular flexibility index (Phi) is 4.90. The van der Waals surface area contributed by atoms with Crippen LogP contribution in [0.5, 0.6) is 11.5 Å². The minimum atomic E-state index is -3.95. The molecule has 0 atom stereocenters. The van der Waals surface area contributed by atoms with Crippen LogP contribution in [0.1, 0.15) is 16.7 Å². The average Bonchev–Trinajstić information content (AvgIpc) is 2.85. The van der Waals surface area contributed by atoms with E-state index in [9.17, 15) is 18.6 Å². The minimum absolute atomic E-state index is 0. The summed E-state index contributed by atoms with van der Waals surface area (Å²) in [6.07, 6.45) is 0. The molecule has 0 aliphatic carbocycles. The number of phenolic OH excluding ortho intramolecular Hbond substituents is 2. The molecular weight excluding hydrogens is 363 g/mol. The van der Waals surface area contributed by atoms with E-state index in [0.29, 0.717) is 16.7 Å². The normalized spacial score (nSPS) is 16.5. The van der Waals surface area contributed by atoms with E-state index in [4.69, 9.17) is 4.18 Å². The Bertz CT molecular complexity index is 999. The summed E-state index contributed by atoms with van der Waals surface area (Å²) in [5, 5.41) is 19.2. The Balaban J connectivity index is 0.00000196. The molecule has 1 aliphatic rings. The van der Waals surface area contributed by atoms with Gasteiger partial charge in [0.15, 0.2) is 5.60 Å². The van der Waals surface area contributed by atoms with Crippen molar-refractivity contribution in [2.75, 3.05) is 0 Å². The second kappa shape index (κ2) is 6.72. The molecule has 1 aliphatic heterocycles. The number of fused-ring (bicyclic) bond motifs is 1. The van der Waals surface area contributed by atoms with Gasteiger partial charge in [0.25, 0.3) is 10.1 Å². The molecule has 7 heteroatoms. The molecule has 4 rings (SSSR count). The van der Waals surface area contributed by atoms with E-state index in [-0.39, 0.29) is 46.0 Å². The fraction of sp³-hybridized carbons (Fsp3) is 0.0526. The molecule has 3 aromatic rings. The summed E-state index contributed by atoms with van der Waals surface area (Å²) in [5.41, 5.74) is 0.233. The summed E-state index contributed by atoms with van der Waals surface area (Å²) in [7, 11) is -3.95. The van der Waals surface area contributed by atoms with Gasteiger partial charge in [-0.15, -0.1) is 0 Å². The van der Waals surface area contributed by atoms with Gasteiger partial charge in [-0.3, -0.25) is 0 Å². The van der Waals surface area contributed by atoms with E-state index in [1.54, 1.807) is 42.5 Å². The molecule has 2 N–H and O–H groups in total. The monoisotopic (exact) mass is 378 g/mol. The van der Waals surface area contributed by atoms with Gasteiger partial charge in [-0.25, -0.2) is 4.18 Å². The third-order valence-electron chi connectivity index (χ3n) is 4.32. The molecule has 3 aromatic carbocycles. The van der Waals surface area contributed by atoms with E-state index in [1.807, 2.05) is 0 Å². The Morgan fingerprint density at radius 1 is 0.731 bits per heavy atom. The number of rotatable bonds is 2. The zero-order chi connectivity index (χ0) is 17.7. The third-order valence-corrected chi connectivity index (χ3v) is 5.68. The van der Waals surface area contributed by atoms with Gasteiger partial charge in [0.2, 0.25) is 0 Å². The van der Waals surface area contributed by atoms with Crippen molar-refractivity contribution in [3.63, 3.8) is 0 Å². The first-order valence-corrected chi connectivity index (χ1v) is 8.98. The van der Waals surface area contributed by atoms with E-state index < -0.39 is 15.7 Å². The first-order valence-electron chi connectivity index (χ1n) is 7.58. The molecule has 0 radical (unpaired) electrons. The summed E-state index contributed by atoms with van der Waals surface area (Å²) < 4.78 is 30.9. The Hall–Kier alpha value is -1.83. The van der Waals surface area contributed by atoms with E-state index in [2.05, 4.69) is 0 Å². The summed E-state index contributed by atoms with van der Waals surface area (Å²) >= 11 is 0. The van der Waals surface area contributed by atoms with E-state index >= 15 is 0 Å². The van der Waals surface area contributed by atoms with Crippen molar-refractivity contribution in [1.29, 1.82) is 0 Å². The molecule has 0 unspecified atom stereocenters. The van der Waals surface area contributed by atoms with E-state index in [1.165, 1.54) is 30.3 Å². The van der Waals surface area contributed by atoms with Crippen LogP contribution in [0, 0.1) is 0 Å². The van der Waals surface area contributed by atoms with Gasteiger partial charge in [-0.05, 0) is 41.5 Å². The van der Waals surface area contributed by atoms with Gasteiger partial charge < -0.3 is 10.2 Å². The summed E-state index contributed by atoms with van der Waals surface area (Å²) in [6, 6.07) is 19.0. The van der Waals surface area contributed by atoms with Gasteiger partial charge in [0.05, 0.1) is 0 Å². The molecule has 0 aromatic heterocycles. The van der Waals surface area contributed by atoms with Crippen molar-refractivity contribution in [1.82, 2.24) is 0 Å². The molecule has 0 spiro atoms. The Morgan fingerprint density at radius 3 is 1.69 bits per heavy atom. The van der Waals surface area contributed by atoms with Crippen LogP contribution in [0.4, 0.5) is 0 Å². The molecule has 0 fully saturated rings. The van der Waals surface area contributed by atoms with Crippen molar-refractivity contribution in [2.45, 2.75) is 10.5 Å². The van der Waals surface area contributed by atoms with Gasteiger partial charge in [-0.1, -0.05) is 42.5 Å². The number of hydrogen-bond donors (Lipinski definition) is 2. The van der Waals surface area contributed by atoms with Crippen LogP contribution < -0.4 is 0 Å². The standard InChI is InChI=1S/C19H14O5S.Na.H/c20-15-9-5-13(6-10-15)19(14-7-11-16(21)12-8-14)17-3-1-2-4-18(17)25(22,23)24-19;;/h1-12,20-21H;;. The van der Waals surface area contributed by atoms with Crippen LogP contribution in [0.15, 0.2) is 77.7 Å². The van der Waals surface area contributed by atoms with Gasteiger partial charge >= 0.3 is 29.6 Å². The van der Waals surface area contributed by atoms with Crippen LogP contribution in [0.3, 0.4) is 0 Å². The fourth-order valence-corrected chi connectivity index (χ4v) is 4.62. The van der Waals surface area contributed by atoms with Crippen LogP contribution in [-0.4, -0.2) is 48.2 Å². The van der Waals surface area contributed by atoms with Gasteiger partial charge in [0.1, 0.15) is 16.4 Å². The van der Waals surface area contributed by atoms with Crippen molar-refractivity contribution < 1.29 is 22.8 Å². The SMILES string of the molecule is O=S1(=O)OC(c2ccc(O)cc2)(c2ccc(O)cc2)c2ccccc21.[NaH]. The van der Waals surface area contributed by atoms with Crippen molar-refractivity contribution in [3.05, 3.63) is 89.5 Å². The first kappa shape index (κ1) is 18.9. The molecule has 1 heterocycles. The summed E-state index contributed by atoms with van der Waals surface area (Å²) in [6.45, 7) is 0. The number of benzene rings is 3. The summed E-state index contributed by atoms with van der Waals surface area (Å²) in [4.78, 5) is 0.108. The van der Waals surface area contributed by atoms with Crippen LogP contribution in [0.2, 0.25) is 0 Å². The maximum atomic E-state index is 12.6. The van der Waals surface area contributed by atoms with Gasteiger partial charge in [0, 0.05) is 5.56 Å². The zero-order valence-corrected chi connectivity index (χ0v) is 13.8. The van der Waals surface area contributed by atoms with Crippen LogP contribution in [0.25, 0.3) is 0 Å². The second-order valence-corrected chi connectivity index (χ2v) is 7.32. The Morgan fingerprint density at radius 2 is 1.19 bits per heavy atom. The van der Waals surface area contributed by atoms with Crippen molar-refractivity contribution in [2.24, 2.45) is 0 Å². The molecular formula is C19H15NaO5S. The van der Waals surface area contributed by atoms with Crippen molar-refractivity contribution in [3.8, 4) is 11.5 Å². The van der Waals surface area contributed by atoms with Crippen LogP contribution >= 0.6 is 0 Å². The molecule has 0 saturated carbocycles. The number of phenols is 2. The molecule has 5 nitrogen and oxygen atoms in total. The van der Waals surface area contributed by atoms with Crippen LogP contribution in [-0.2, 0) is 19.9 Å². The second-order valence-electron chi connectivity index (χ2n) is 5.81. The van der Waals surface area contributed by atoms with E-state index in [0.717, 1.165) is 0 Å².